The lowest BCUT2D eigenvalue weighted by Crippen LogP contribution is -2.29. The minimum Gasteiger partial charge on any atom is -0.378 e. The number of anilines is 1. The highest BCUT2D eigenvalue weighted by atomic mass is 79.9. The molecule has 0 fully saturated rings. The zero-order chi connectivity index (χ0) is 17.2. The molecule has 2 aromatic rings. The van der Waals surface area contributed by atoms with Crippen molar-refractivity contribution in [2.75, 3.05) is 11.9 Å². The number of hydrogen-bond acceptors (Lipinski definition) is 3. The van der Waals surface area contributed by atoms with Crippen molar-refractivity contribution >= 4 is 33.6 Å². The van der Waals surface area contributed by atoms with E-state index in [1.165, 1.54) is 21.7 Å². The Kier molecular flexibility index (Phi) is 5.20. The quantitative estimate of drug-likeness (QED) is 0.341. The molecule has 0 bridgehead atoms. The maximum atomic E-state index is 3.81. The summed E-state index contributed by atoms with van der Waals surface area (Å²) in [6.45, 7) is 3.23. The van der Waals surface area contributed by atoms with Crippen molar-refractivity contribution in [3.05, 3.63) is 70.2 Å². The van der Waals surface area contributed by atoms with Crippen molar-refractivity contribution in [3.8, 4) is 0 Å². The Labute approximate surface area is 162 Å². The first-order valence-electron chi connectivity index (χ1n) is 8.98. The smallest absolute Gasteiger partial charge is 0.0553 e. The summed E-state index contributed by atoms with van der Waals surface area (Å²) < 4.78 is 4.57. The highest BCUT2D eigenvalue weighted by Gasteiger charge is 2.37. The summed E-state index contributed by atoms with van der Waals surface area (Å²) in [6.07, 6.45) is 7.06. The van der Waals surface area contributed by atoms with E-state index in [0.29, 0.717) is 17.9 Å². The Bertz CT molecular complexity index is 772. The largest absolute Gasteiger partial charge is 0.378 e. The minimum atomic E-state index is 0.373. The molecule has 1 heterocycles. The molecule has 2 nitrogen and oxygen atoms in total. The van der Waals surface area contributed by atoms with Gasteiger partial charge in [0.2, 0.25) is 0 Å². The molecular formula is C21H23BrN2S. The average molecular weight is 415 g/mol. The van der Waals surface area contributed by atoms with Gasteiger partial charge in [-0.15, -0.1) is 0 Å². The van der Waals surface area contributed by atoms with E-state index in [-0.39, 0.29) is 0 Å². The van der Waals surface area contributed by atoms with Crippen LogP contribution < -0.4 is 10.0 Å². The van der Waals surface area contributed by atoms with Crippen molar-refractivity contribution in [3.63, 3.8) is 0 Å². The minimum absolute atomic E-state index is 0.373. The third kappa shape index (κ3) is 3.53. The third-order valence-electron chi connectivity index (χ3n) is 5.11. The monoisotopic (exact) mass is 414 g/mol. The molecular weight excluding hydrogens is 392 g/mol. The molecule has 4 heteroatoms. The van der Waals surface area contributed by atoms with Crippen LogP contribution in [0.1, 0.15) is 42.9 Å². The van der Waals surface area contributed by atoms with E-state index >= 15 is 0 Å². The van der Waals surface area contributed by atoms with Gasteiger partial charge in [-0.25, -0.2) is 0 Å². The number of halogens is 1. The van der Waals surface area contributed by atoms with Gasteiger partial charge >= 0.3 is 0 Å². The molecule has 0 saturated heterocycles. The summed E-state index contributed by atoms with van der Waals surface area (Å²) >= 11 is 5.29. The Balaban J connectivity index is 1.63. The van der Waals surface area contributed by atoms with E-state index < -0.39 is 0 Å². The van der Waals surface area contributed by atoms with Crippen LogP contribution in [-0.4, -0.2) is 6.54 Å². The van der Waals surface area contributed by atoms with Crippen molar-refractivity contribution in [2.24, 2.45) is 5.92 Å². The molecule has 2 aromatic carbocycles. The highest BCUT2D eigenvalue weighted by molar-refractivity contribution is 9.10. The lowest BCUT2D eigenvalue weighted by atomic mass is 9.77. The Morgan fingerprint density at radius 2 is 2.04 bits per heavy atom. The van der Waals surface area contributed by atoms with Gasteiger partial charge in [-0.1, -0.05) is 47.1 Å². The fourth-order valence-electron chi connectivity index (χ4n) is 3.87. The summed E-state index contributed by atoms with van der Waals surface area (Å²) in [5.74, 6) is 1.11. The summed E-state index contributed by atoms with van der Waals surface area (Å²) in [5, 5.41) is 3.81. The van der Waals surface area contributed by atoms with Gasteiger partial charge in [0.25, 0.3) is 0 Å². The summed E-state index contributed by atoms with van der Waals surface area (Å²) in [7, 11) is 0. The second-order valence-electron chi connectivity index (χ2n) is 6.77. The van der Waals surface area contributed by atoms with Crippen LogP contribution in [0.4, 0.5) is 5.69 Å². The Morgan fingerprint density at radius 3 is 2.84 bits per heavy atom. The Hall–Kier alpha value is -1.23. The maximum absolute atomic E-state index is 3.81. The molecule has 25 heavy (non-hydrogen) atoms. The molecule has 0 radical (unpaired) electrons. The maximum Gasteiger partial charge on any atom is 0.0553 e. The normalized spacial score (nSPS) is 23.8. The number of fused-ring (bicyclic) bond motifs is 3. The molecule has 2 aliphatic rings. The Morgan fingerprint density at radius 1 is 1.20 bits per heavy atom. The zero-order valence-electron chi connectivity index (χ0n) is 14.3. The second-order valence-corrected chi connectivity index (χ2v) is 8.65. The molecule has 1 aliphatic heterocycles. The van der Waals surface area contributed by atoms with E-state index in [0.717, 1.165) is 23.9 Å². The molecule has 2 N–H and O–H groups in total. The first-order chi connectivity index (χ1) is 12.3. The number of benzene rings is 2. The molecule has 1 aliphatic carbocycles. The van der Waals surface area contributed by atoms with Crippen molar-refractivity contribution in [1.29, 1.82) is 0 Å². The molecule has 130 valence electrons. The first-order valence-corrected chi connectivity index (χ1v) is 10.6. The molecule has 3 atom stereocenters. The number of hydrogen-bond donors (Lipinski definition) is 2. The second kappa shape index (κ2) is 7.56. The number of allylic oxidation sites excluding steroid dienone is 2. The molecule has 0 spiro atoms. The molecule has 4 rings (SSSR count). The summed E-state index contributed by atoms with van der Waals surface area (Å²) in [4.78, 5) is 1.30. The lowest BCUT2D eigenvalue weighted by Gasteiger charge is -2.37. The SMILES string of the molecule is CCCNSc1ccc2c(c1)C1C=CCC1C(c1ccc(Br)cc1)N2. The standard InChI is InChI=1S/C21H23BrN2S/c1-2-12-23-25-16-10-11-20-19(13-16)17-4-3-5-18(17)21(24-20)14-6-8-15(22)9-7-14/h3-4,6-11,13,17-18,21,23-24H,2,5,12H2,1H3. The van der Waals surface area contributed by atoms with E-state index in [1.807, 2.05) is 0 Å². The molecule has 3 unspecified atom stereocenters. The van der Waals surface area contributed by atoms with E-state index in [1.54, 1.807) is 11.9 Å². The third-order valence-corrected chi connectivity index (χ3v) is 6.47. The van der Waals surface area contributed by atoms with E-state index in [9.17, 15) is 0 Å². The van der Waals surface area contributed by atoms with Gasteiger partial charge in [-0.2, -0.15) is 0 Å². The van der Waals surface area contributed by atoms with Crippen molar-refractivity contribution in [2.45, 2.75) is 36.6 Å². The highest BCUT2D eigenvalue weighted by Crippen LogP contribution is 2.50. The van der Waals surface area contributed by atoms with Crippen LogP contribution in [0.3, 0.4) is 0 Å². The topological polar surface area (TPSA) is 24.1 Å². The summed E-state index contributed by atoms with van der Waals surface area (Å²) in [5.41, 5.74) is 4.09. The molecule has 0 amide bonds. The van der Waals surface area contributed by atoms with Gasteiger partial charge in [0, 0.05) is 27.5 Å². The zero-order valence-corrected chi connectivity index (χ0v) is 16.7. The van der Waals surface area contributed by atoms with Crippen LogP contribution in [0.15, 0.2) is 64.0 Å². The predicted octanol–water partition coefficient (Wildman–Crippen LogP) is 6.28. The van der Waals surface area contributed by atoms with Crippen LogP contribution in [-0.2, 0) is 0 Å². The van der Waals surface area contributed by atoms with Gasteiger partial charge in [0.15, 0.2) is 0 Å². The molecule has 0 saturated carbocycles. The van der Waals surface area contributed by atoms with Gasteiger partial charge in [-0.05, 0) is 72.2 Å². The van der Waals surface area contributed by atoms with Crippen LogP contribution >= 0.6 is 27.9 Å². The van der Waals surface area contributed by atoms with Crippen molar-refractivity contribution < 1.29 is 0 Å². The predicted molar refractivity (Wildman–Crippen MR) is 111 cm³/mol. The fourth-order valence-corrected chi connectivity index (χ4v) is 4.93. The molecule has 0 aromatic heterocycles. The van der Waals surface area contributed by atoms with E-state index in [2.05, 4.69) is 87.5 Å². The van der Waals surface area contributed by atoms with Crippen LogP contribution in [0.5, 0.6) is 0 Å². The first kappa shape index (κ1) is 17.2. The van der Waals surface area contributed by atoms with Crippen LogP contribution in [0, 0.1) is 5.92 Å². The summed E-state index contributed by atoms with van der Waals surface area (Å²) in [6, 6.07) is 16.0. The van der Waals surface area contributed by atoms with E-state index in [4.69, 9.17) is 0 Å². The number of rotatable bonds is 5. The van der Waals surface area contributed by atoms with Crippen molar-refractivity contribution in [1.82, 2.24) is 4.72 Å². The van der Waals surface area contributed by atoms with Gasteiger partial charge < -0.3 is 5.32 Å². The lowest BCUT2D eigenvalue weighted by molar-refractivity contribution is 0.425. The fraction of sp³-hybridized carbons (Fsp3) is 0.333. The van der Waals surface area contributed by atoms with Gasteiger partial charge in [0.05, 0.1) is 6.04 Å². The van der Waals surface area contributed by atoms with Gasteiger partial charge in [-0.3, -0.25) is 4.72 Å². The van der Waals surface area contributed by atoms with Crippen LogP contribution in [0.25, 0.3) is 0 Å². The average Bonchev–Trinajstić information content (AvgIpc) is 3.12. The van der Waals surface area contributed by atoms with Gasteiger partial charge in [0.1, 0.15) is 0 Å². The number of nitrogens with one attached hydrogen (secondary N) is 2. The van der Waals surface area contributed by atoms with Crippen LogP contribution in [0.2, 0.25) is 0 Å².